The third-order valence-corrected chi connectivity index (χ3v) is 2.08. The Morgan fingerprint density at radius 3 is 2.57 bits per heavy atom. The number of aromatic amines is 1. The van der Waals surface area contributed by atoms with Crippen molar-refractivity contribution in [2.45, 2.75) is 13.0 Å². The molecule has 2 rings (SSSR count). The van der Waals surface area contributed by atoms with Crippen LogP contribution < -0.4 is 5.73 Å². The predicted octanol–water partition coefficient (Wildman–Crippen LogP) is 0.556. The minimum Gasteiger partial charge on any atom is -0.318 e. The van der Waals surface area contributed by atoms with Gasteiger partial charge in [-0.1, -0.05) is 35.0 Å². The molecule has 14 heavy (non-hydrogen) atoms. The Labute approximate surface area is 81.3 Å². The molecule has 0 spiro atoms. The predicted molar refractivity (Wildman–Crippen MR) is 51.4 cm³/mol. The first kappa shape index (κ1) is 8.83. The van der Waals surface area contributed by atoms with E-state index in [1.165, 1.54) is 5.56 Å². The van der Waals surface area contributed by atoms with Crippen LogP contribution in [0.2, 0.25) is 0 Å². The molecule has 0 saturated heterocycles. The zero-order chi connectivity index (χ0) is 9.97. The zero-order valence-electron chi connectivity index (χ0n) is 7.81. The third kappa shape index (κ3) is 1.62. The highest BCUT2D eigenvalue weighted by atomic mass is 15.5. The number of rotatable bonds is 2. The van der Waals surface area contributed by atoms with E-state index in [0.29, 0.717) is 5.82 Å². The van der Waals surface area contributed by atoms with Crippen molar-refractivity contribution in [2.75, 3.05) is 0 Å². The van der Waals surface area contributed by atoms with Crippen molar-refractivity contribution in [3.05, 3.63) is 41.2 Å². The van der Waals surface area contributed by atoms with Crippen LogP contribution in [-0.4, -0.2) is 20.6 Å². The molecule has 5 heteroatoms. The smallest absolute Gasteiger partial charge is 0.195 e. The van der Waals surface area contributed by atoms with E-state index >= 15 is 0 Å². The van der Waals surface area contributed by atoms with Crippen molar-refractivity contribution >= 4 is 0 Å². The van der Waals surface area contributed by atoms with E-state index in [1.807, 2.05) is 31.2 Å². The van der Waals surface area contributed by atoms with E-state index in [2.05, 4.69) is 20.6 Å². The molecule has 0 radical (unpaired) electrons. The van der Waals surface area contributed by atoms with Crippen LogP contribution in [0.1, 0.15) is 23.0 Å². The Morgan fingerprint density at radius 2 is 2.00 bits per heavy atom. The largest absolute Gasteiger partial charge is 0.318 e. The van der Waals surface area contributed by atoms with Gasteiger partial charge in [0, 0.05) is 0 Å². The van der Waals surface area contributed by atoms with E-state index in [-0.39, 0.29) is 6.04 Å². The van der Waals surface area contributed by atoms with E-state index in [9.17, 15) is 0 Å². The molecule has 1 heterocycles. The molecule has 0 fully saturated rings. The minimum atomic E-state index is -0.311. The number of nitrogens with one attached hydrogen (secondary N) is 1. The lowest BCUT2D eigenvalue weighted by molar-refractivity contribution is 0.785. The maximum atomic E-state index is 5.93. The first-order valence-electron chi connectivity index (χ1n) is 4.33. The molecule has 72 valence electrons. The van der Waals surface area contributed by atoms with Crippen LogP contribution >= 0.6 is 0 Å². The summed E-state index contributed by atoms with van der Waals surface area (Å²) in [6, 6.07) is 7.64. The number of nitrogens with two attached hydrogens (primary N) is 1. The number of hydrogen-bond donors (Lipinski definition) is 2. The van der Waals surface area contributed by atoms with Crippen molar-refractivity contribution in [3.63, 3.8) is 0 Å². The van der Waals surface area contributed by atoms with Gasteiger partial charge in [0.25, 0.3) is 0 Å². The fourth-order valence-corrected chi connectivity index (χ4v) is 1.22. The molecule has 1 unspecified atom stereocenters. The molecule has 0 aliphatic rings. The molecular weight excluding hydrogens is 178 g/mol. The van der Waals surface area contributed by atoms with Crippen molar-refractivity contribution in [1.29, 1.82) is 0 Å². The summed E-state index contributed by atoms with van der Waals surface area (Å²) in [6.45, 7) is 2.03. The number of aromatic nitrogens is 4. The van der Waals surface area contributed by atoms with E-state index in [1.54, 1.807) is 0 Å². The number of benzene rings is 1. The van der Waals surface area contributed by atoms with Gasteiger partial charge in [-0.3, -0.25) is 0 Å². The standard InChI is InChI=1S/C9H11N5/c1-6-2-4-7(5-3-6)8(10)9-11-13-14-12-9/h2-5,8H,10H2,1H3,(H,11,12,13,14). The maximum Gasteiger partial charge on any atom is 0.195 e. The van der Waals surface area contributed by atoms with Gasteiger partial charge in [-0.05, 0) is 12.5 Å². The number of H-pyrrole nitrogens is 1. The van der Waals surface area contributed by atoms with Crippen LogP contribution in [0.15, 0.2) is 24.3 Å². The molecule has 1 aromatic carbocycles. The number of aryl methyl sites for hydroxylation is 1. The number of nitrogens with zero attached hydrogens (tertiary/aromatic N) is 3. The molecule has 5 nitrogen and oxygen atoms in total. The molecule has 0 aliphatic carbocycles. The highest BCUT2D eigenvalue weighted by Gasteiger charge is 2.12. The first-order chi connectivity index (χ1) is 6.77. The summed E-state index contributed by atoms with van der Waals surface area (Å²) < 4.78 is 0. The number of tetrazole rings is 1. The van der Waals surface area contributed by atoms with Crippen LogP contribution in [0.4, 0.5) is 0 Å². The lowest BCUT2D eigenvalue weighted by atomic mass is 10.1. The summed E-state index contributed by atoms with van der Waals surface area (Å²) in [7, 11) is 0. The molecule has 0 aliphatic heterocycles. The topological polar surface area (TPSA) is 80.5 Å². The van der Waals surface area contributed by atoms with Gasteiger partial charge in [-0.15, -0.1) is 10.2 Å². The average Bonchev–Trinajstić information content (AvgIpc) is 2.71. The minimum absolute atomic E-state index is 0.311. The lowest BCUT2D eigenvalue weighted by Crippen LogP contribution is -2.13. The fourth-order valence-electron chi connectivity index (χ4n) is 1.22. The van der Waals surface area contributed by atoms with Crippen LogP contribution in [0.5, 0.6) is 0 Å². The molecule has 0 saturated carbocycles. The molecule has 1 aromatic heterocycles. The highest BCUT2D eigenvalue weighted by Crippen LogP contribution is 2.15. The van der Waals surface area contributed by atoms with Crippen LogP contribution in [0.25, 0.3) is 0 Å². The van der Waals surface area contributed by atoms with Crippen LogP contribution in [0, 0.1) is 6.92 Å². The summed E-state index contributed by atoms with van der Waals surface area (Å²) in [6.07, 6.45) is 0. The van der Waals surface area contributed by atoms with Crippen molar-refractivity contribution in [3.8, 4) is 0 Å². The molecule has 2 aromatic rings. The van der Waals surface area contributed by atoms with E-state index in [0.717, 1.165) is 5.56 Å². The van der Waals surface area contributed by atoms with Gasteiger partial charge in [-0.2, -0.15) is 5.21 Å². The van der Waals surface area contributed by atoms with Crippen LogP contribution in [0.3, 0.4) is 0 Å². The Kier molecular flexibility index (Phi) is 2.24. The monoisotopic (exact) mass is 189 g/mol. The summed E-state index contributed by atoms with van der Waals surface area (Å²) in [5, 5.41) is 13.5. The third-order valence-electron chi connectivity index (χ3n) is 2.08. The summed E-state index contributed by atoms with van der Waals surface area (Å²) >= 11 is 0. The number of hydrogen-bond acceptors (Lipinski definition) is 4. The van der Waals surface area contributed by atoms with E-state index < -0.39 is 0 Å². The van der Waals surface area contributed by atoms with Crippen molar-refractivity contribution < 1.29 is 0 Å². The summed E-state index contributed by atoms with van der Waals surface area (Å²) in [4.78, 5) is 0. The zero-order valence-corrected chi connectivity index (χ0v) is 7.81. The lowest BCUT2D eigenvalue weighted by Gasteiger charge is -2.06. The normalized spacial score (nSPS) is 12.7. The van der Waals surface area contributed by atoms with Gasteiger partial charge in [-0.25, -0.2) is 0 Å². The molecule has 1 atom stereocenters. The average molecular weight is 189 g/mol. The Hall–Kier alpha value is -1.75. The molecule has 0 amide bonds. The Morgan fingerprint density at radius 1 is 1.29 bits per heavy atom. The fraction of sp³-hybridized carbons (Fsp3) is 0.222. The second-order valence-electron chi connectivity index (χ2n) is 3.16. The maximum absolute atomic E-state index is 5.93. The summed E-state index contributed by atoms with van der Waals surface area (Å²) in [5.41, 5.74) is 8.11. The SMILES string of the molecule is Cc1ccc(C(N)c2nn[nH]n2)cc1. The molecule has 3 N–H and O–H groups in total. The van der Waals surface area contributed by atoms with Crippen molar-refractivity contribution in [1.82, 2.24) is 20.6 Å². The molecule has 0 bridgehead atoms. The molecular formula is C9H11N5. The summed E-state index contributed by atoms with van der Waals surface area (Å²) in [5.74, 6) is 0.508. The Bertz CT molecular complexity index is 392. The van der Waals surface area contributed by atoms with Gasteiger partial charge in [0.1, 0.15) is 0 Å². The van der Waals surface area contributed by atoms with E-state index in [4.69, 9.17) is 5.73 Å². The quantitative estimate of drug-likeness (QED) is 0.723. The van der Waals surface area contributed by atoms with Gasteiger partial charge in [0.15, 0.2) is 5.82 Å². The second kappa shape index (κ2) is 3.55. The van der Waals surface area contributed by atoms with Gasteiger partial charge < -0.3 is 5.73 Å². The van der Waals surface area contributed by atoms with Crippen molar-refractivity contribution in [2.24, 2.45) is 5.73 Å². The van der Waals surface area contributed by atoms with Gasteiger partial charge in [0.05, 0.1) is 6.04 Å². The van der Waals surface area contributed by atoms with Gasteiger partial charge in [0.2, 0.25) is 0 Å². The first-order valence-corrected chi connectivity index (χ1v) is 4.33. The van der Waals surface area contributed by atoms with Gasteiger partial charge >= 0.3 is 0 Å². The highest BCUT2D eigenvalue weighted by molar-refractivity contribution is 5.26. The Balaban J connectivity index is 2.28. The second-order valence-corrected chi connectivity index (χ2v) is 3.16. The van der Waals surface area contributed by atoms with Crippen LogP contribution in [-0.2, 0) is 0 Å².